The Morgan fingerprint density at radius 2 is 1.95 bits per heavy atom. The number of benzene rings is 1. The fourth-order valence-corrected chi connectivity index (χ4v) is 4.49. The Morgan fingerprint density at radius 3 is 2.50 bits per heavy atom. The van der Waals surface area contributed by atoms with Gasteiger partial charge in [-0.05, 0) is 37.5 Å². The van der Waals surface area contributed by atoms with Gasteiger partial charge in [0, 0.05) is 17.1 Å². The summed E-state index contributed by atoms with van der Waals surface area (Å²) >= 11 is 6.04. The van der Waals surface area contributed by atoms with E-state index >= 15 is 0 Å². The highest BCUT2D eigenvalue weighted by atomic mass is 35.5. The van der Waals surface area contributed by atoms with Crippen LogP contribution in [0.15, 0.2) is 23.1 Å². The molecule has 4 nitrogen and oxygen atoms in total. The van der Waals surface area contributed by atoms with Crippen molar-refractivity contribution >= 4 is 21.6 Å². The average Bonchev–Trinajstić information content (AvgIpc) is 2.38. The van der Waals surface area contributed by atoms with Gasteiger partial charge in [0.15, 0.2) is 0 Å². The molecule has 0 bridgehead atoms. The van der Waals surface area contributed by atoms with Crippen LogP contribution in [0.3, 0.4) is 0 Å². The molecule has 3 N–H and O–H groups in total. The Balaban J connectivity index is 2.24. The number of nitrogens with two attached hydrogens (primary N) is 1. The first-order valence-electron chi connectivity index (χ1n) is 6.89. The Morgan fingerprint density at radius 1 is 1.30 bits per heavy atom. The van der Waals surface area contributed by atoms with Gasteiger partial charge in [-0.1, -0.05) is 36.9 Å². The highest BCUT2D eigenvalue weighted by Crippen LogP contribution is 2.30. The van der Waals surface area contributed by atoms with E-state index in [4.69, 9.17) is 17.3 Å². The highest BCUT2D eigenvalue weighted by molar-refractivity contribution is 7.89. The lowest BCUT2D eigenvalue weighted by Gasteiger charge is -2.34. The molecule has 0 heterocycles. The molecule has 0 spiro atoms. The summed E-state index contributed by atoms with van der Waals surface area (Å²) in [6, 6.07) is 4.70. The fourth-order valence-electron chi connectivity index (χ4n) is 2.68. The van der Waals surface area contributed by atoms with Gasteiger partial charge in [0.1, 0.15) is 0 Å². The highest BCUT2D eigenvalue weighted by Gasteiger charge is 2.32. The molecule has 0 saturated heterocycles. The van der Waals surface area contributed by atoms with Crippen molar-refractivity contribution in [1.29, 1.82) is 0 Å². The third-order valence-electron chi connectivity index (χ3n) is 3.89. The van der Waals surface area contributed by atoms with Gasteiger partial charge >= 0.3 is 0 Å². The average molecular weight is 317 g/mol. The van der Waals surface area contributed by atoms with E-state index in [0.717, 1.165) is 31.2 Å². The van der Waals surface area contributed by atoms with E-state index in [9.17, 15) is 8.42 Å². The monoisotopic (exact) mass is 316 g/mol. The summed E-state index contributed by atoms with van der Waals surface area (Å²) in [7, 11) is -3.54. The van der Waals surface area contributed by atoms with Crippen molar-refractivity contribution in [2.75, 3.05) is 0 Å². The molecule has 20 heavy (non-hydrogen) atoms. The van der Waals surface area contributed by atoms with Crippen LogP contribution in [-0.4, -0.2) is 14.0 Å². The SMILES string of the molecule is CC1(NS(=O)(=O)c2ccc(CN)c(Cl)c2)CCCCC1. The van der Waals surface area contributed by atoms with Crippen molar-refractivity contribution in [2.24, 2.45) is 5.73 Å². The molecule has 1 aromatic carbocycles. The van der Waals surface area contributed by atoms with Crippen molar-refractivity contribution in [2.45, 2.75) is 56.0 Å². The summed E-state index contributed by atoms with van der Waals surface area (Å²) in [6.07, 6.45) is 5.05. The Bertz CT molecular complexity index is 581. The molecule has 0 aromatic heterocycles. The molecule has 112 valence electrons. The second-order valence-corrected chi connectivity index (χ2v) is 7.77. The molecular formula is C14H21ClN2O2S. The van der Waals surface area contributed by atoms with Crippen LogP contribution in [0.5, 0.6) is 0 Å². The lowest BCUT2D eigenvalue weighted by Crippen LogP contribution is -2.47. The van der Waals surface area contributed by atoms with E-state index in [1.165, 1.54) is 12.5 Å². The maximum absolute atomic E-state index is 12.5. The molecule has 0 unspecified atom stereocenters. The summed E-state index contributed by atoms with van der Waals surface area (Å²) in [5, 5.41) is 0.393. The maximum Gasteiger partial charge on any atom is 0.241 e. The van der Waals surface area contributed by atoms with E-state index in [1.807, 2.05) is 6.92 Å². The lowest BCUT2D eigenvalue weighted by molar-refractivity contribution is 0.294. The van der Waals surface area contributed by atoms with Gasteiger partial charge in [-0.3, -0.25) is 0 Å². The number of halogens is 1. The van der Waals surface area contributed by atoms with Gasteiger partial charge in [0.05, 0.1) is 4.90 Å². The van der Waals surface area contributed by atoms with Gasteiger partial charge in [0.25, 0.3) is 0 Å². The predicted molar refractivity (Wildman–Crippen MR) is 81.2 cm³/mol. The number of nitrogens with one attached hydrogen (secondary N) is 1. The van der Waals surface area contributed by atoms with Crippen molar-refractivity contribution in [3.63, 3.8) is 0 Å². The molecule has 1 aliphatic carbocycles. The summed E-state index contributed by atoms with van der Waals surface area (Å²) < 4.78 is 27.7. The third kappa shape index (κ3) is 3.52. The zero-order chi connectivity index (χ0) is 14.8. The zero-order valence-corrected chi connectivity index (χ0v) is 13.2. The molecule has 0 amide bonds. The molecule has 0 atom stereocenters. The Hall–Kier alpha value is -0.620. The molecular weight excluding hydrogens is 296 g/mol. The van der Waals surface area contributed by atoms with Crippen LogP contribution in [0.1, 0.15) is 44.6 Å². The molecule has 0 radical (unpaired) electrons. The second kappa shape index (κ2) is 6.02. The zero-order valence-electron chi connectivity index (χ0n) is 11.7. The number of sulfonamides is 1. The number of hydrogen-bond donors (Lipinski definition) is 2. The van der Waals surface area contributed by atoms with Crippen molar-refractivity contribution in [1.82, 2.24) is 4.72 Å². The van der Waals surface area contributed by atoms with Crippen LogP contribution in [-0.2, 0) is 16.6 Å². The molecule has 1 saturated carbocycles. The summed E-state index contributed by atoms with van der Waals surface area (Å²) in [6.45, 7) is 2.27. The van der Waals surface area contributed by atoms with Gasteiger partial charge in [-0.25, -0.2) is 13.1 Å². The van der Waals surface area contributed by atoms with E-state index in [2.05, 4.69) is 4.72 Å². The number of hydrogen-bond acceptors (Lipinski definition) is 3. The van der Waals surface area contributed by atoms with Crippen LogP contribution in [0.2, 0.25) is 5.02 Å². The topological polar surface area (TPSA) is 72.2 Å². The minimum absolute atomic E-state index is 0.200. The van der Waals surface area contributed by atoms with Crippen LogP contribution < -0.4 is 10.5 Å². The van der Waals surface area contributed by atoms with Crippen molar-refractivity contribution < 1.29 is 8.42 Å². The summed E-state index contributed by atoms with van der Waals surface area (Å²) in [5.41, 5.74) is 5.92. The first-order chi connectivity index (χ1) is 9.36. The summed E-state index contributed by atoms with van der Waals surface area (Å²) in [4.78, 5) is 0.200. The quantitative estimate of drug-likeness (QED) is 0.897. The van der Waals surface area contributed by atoms with Gasteiger partial charge in [-0.2, -0.15) is 0 Å². The predicted octanol–water partition coefficient (Wildman–Crippen LogP) is 2.80. The van der Waals surface area contributed by atoms with Crippen LogP contribution >= 0.6 is 11.6 Å². The molecule has 1 aliphatic rings. The fraction of sp³-hybridized carbons (Fsp3) is 0.571. The van der Waals surface area contributed by atoms with E-state index < -0.39 is 10.0 Å². The van der Waals surface area contributed by atoms with E-state index in [0.29, 0.717) is 11.6 Å². The third-order valence-corrected chi connectivity index (χ3v) is 5.88. The standard InChI is InChI=1S/C14H21ClN2O2S/c1-14(7-3-2-4-8-14)17-20(18,19)12-6-5-11(10-16)13(15)9-12/h5-6,9,17H,2-4,7-8,10,16H2,1H3. The summed E-state index contributed by atoms with van der Waals surface area (Å²) in [5.74, 6) is 0. The van der Waals surface area contributed by atoms with Crippen LogP contribution in [0.4, 0.5) is 0 Å². The van der Waals surface area contributed by atoms with Crippen LogP contribution in [0.25, 0.3) is 0 Å². The van der Waals surface area contributed by atoms with Crippen LogP contribution in [0, 0.1) is 0 Å². The Labute approximate surface area is 125 Å². The first-order valence-corrected chi connectivity index (χ1v) is 8.75. The van der Waals surface area contributed by atoms with Crippen molar-refractivity contribution in [3.05, 3.63) is 28.8 Å². The lowest BCUT2D eigenvalue weighted by atomic mass is 9.84. The molecule has 6 heteroatoms. The van der Waals surface area contributed by atoms with Gasteiger partial charge < -0.3 is 5.73 Å². The van der Waals surface area contributed by atoms with E-state index in [-0.39, 0.29) is 10.4 Å². The van der Waals surface area contributed by atoms with E-state index in [1.54, 1.807) is 12.1 Å². The molecule has 2 rings (SSSR count). The number of rotatable bonds is 4. The smallest absolute Gasteiger partial charge is 0.241 e. The maximum atomic E-state index is 12.5. The minimum atomic E-state index is -3.54. The Kier molecular flexibility index (Phi) is 4.74. The van der Waals surface area contributed by atoms with Gasteiger partial charge in [0.2, 0.25) is 10.0 Å². The van der Waals surface area contributed by atoms with Gasteiger partial charge in [-0.15, -0.1) is 0 Å². The minimum Gasteiger partial charge on any atom is -0.326 e. The molecule has 0 aliphatic heterocycles. The molecule has 1 aromatic rings. The largest absolute Gasteiger partial charge is 0.326 e. The first kappa shape index (κ1) is 15.8. The normalized spacial score (nSPS) is 18.9. The van der Waals surface area contributed by atoms with Crippen molar-refractivity contribution in [3.8, 4) is 0 Å². The second-order valence-electron chi connectivity index (χ2n) is 5.68. The molecule has 1 fully saturated rings.